The van der Waals surface area contributed by atoms with Crippen LogP contribution in [-0.2, 0) is 10.0 Å². The molecule has 9 heteroatoms. The summed E-state index contributed by atoms with van der Waals surface area (Å²) in [7, 11) is -3.28. The molecule has 5 N–H and O–H groups in total. The van der Waals surface area contributed by atoms with Crippen molar-refractivity contribution in [1.82, 2.24) is 14.7 Å². The lowest BCUT2D eigenvalue weighted by atomic mass is 10.1. The highest BCUT2D eigenvalue weighted by Gasteiger charge is 2.22. The predicted octanol–water partition coefficient (Wildman–Crippen LogP) is 0.625. The summed E-state index contributed by atoms with van der Waals surface area (Å²) in [6.45, 7) is 7.91. The van der Waals surface area contributed by atoms with Crippen molar-refractivity contribution < 1.29 is 8.42 Å². The summed E-state index contributed by atoms with van der Waals surface area (Å²) in [6.07, 6.45) is 1.13. The Bertz CT molecular complexity index is 585. The highest BCUT2D eigenvalue weighted by molar-refractivity contribution is 7.88. The van der Waals surface area contributed by atoms with Crippen molar-refractivity contribution in [2.75, 3.05) is 23.5 Å². The number of hydrogen-bond donors (Lipinski definition) is 4. The molecule has 0 saturated carbocycles. The van der Waals surface area contributed by atoms with Crippen LogP contribution in [0.2, 0.25) is 0 Å². The third kappa shape index (κ3) is 6.23. The van der Waals surface area contributed by atoms with E-state index in [-0.39, 0.29) is 5.92 Å². The molecule has 0 aliphatic carbocycles. The number of aromatic nitrogens is 2. The number of rotatable bonds is 7. The van der Waals surface area contributed by atoms with Gasteiger partial charge in [-0.25, -0.2) is 29.0 Å². The summed E-state index contributed by atoms with van der Waals surface area (Å²) in [5, 5.41) is 3.10. The van der Waals surface area contributed by atoms with Crippen LogP contribution in [0.25, 0.3) is 0 Å². The van der Waals surface area contributed by atoms with E-state index < -0.39 is 15.6 Å². The average molecular weight is 316 g/mol. The van der Waals surface area contributed by atoms with Crippen LogP contribution in [0.4, 0.5) is 11.6 Å². The maximum atomic E-state index is 11.3. The highest BCUT2D eigenvalue weighted by Crippen LogP contribution is 2.17. The van der Waals surface area contributed by atoms with Gasteiger partial charge >= 0.3 is 0 Å². The third-order valence-electron chi connectivity index (χ3n) is 2.58. The van der Waals surface area contributed by atoms with E-state index >= 15 is 0 Å². The summed E-state index contributed by atoms with van der Waals surface area (Å²) < 4.78 is 25.2. The molecule has 120 valence electrons. The van der Waals surface area contributed by atoms with E-state index in [1.165, 1.54) is 0 Å². The lowest BCUT2D eigenvalue weighted by Gasteiger charge is -2.25. The number of nitrogens with zero attached hydrogens (tertiary/aromatic N) is 2. The Kier molecular flexibility index (Phi) is 5.48. The van der Waals surface area contributed by atoms with Gasteiger partial charge in [-0.05, 0) is 13.8 Å². The van der Waals surface area contributed by atoms with Gasteiger partial charge in [-0.1, -0.05) is 13.8 Å². The topological polar surface area (TPSA) is 122 Å². The number of nitrogen functional groups attached to an aromatic ring is 1. The summed E-state index contributed by atoms with van der Waals surface area (Å²) >= 11 is 0. The van der Waals surface area contributed by atoms with E-state index in [0.717, 1.165) is 6.26 Å². The molecular weight excluding hydrogens is 292 g/mol. The Morgan fingerprint density at radius 3 is 2.33 bits per heavy atom. The minimum atomic E-state index is -3.28. The van der Waals surface area contributed by atoms with Crippen LogP contribution >= 0.6 is 0 Å². The first-order valence-electron chi connectivity index (χ1n) is 6.61. The van der Waals surface area contributed by atoms with Gasteiger partial charge in [0.05, 0.1) is 6.26 Å². The molecule has 0 atom stereocenters. The van der Waals surface area contributed by atoms with Crippen molar-refractivity contribution in [2.24, 2.45) is 5.84 Å². The third-order valence-corrected chi connectivity index (χ3v) is 3.50. The van der Waals surface area contributed by atoms with E-state index in [9.17, 15) is 8.42 Å². The molecule has 0 unspecified atom stereocenters. The molecule has 0 aliphatic rings. The van der Waals surface area contributed by atoms with Gasteiger partial charge in [0.15, 0.2) is 0 Å². The quantitative estimate of drug-likeness (QED) is 0.430. The Hall–Kier alpha value is -1.45. The lowest BCUT2D eigenvalue weighted by Crippen LogP contribution is -2.47. The van der Waals surface area contributed by atoms with Crippen LogP contribution < -0.4 is 21.3 Å². The second-order valence-corrected chi connectivity index (χ2v) is 7.66. The number of nitrogens with two attached hydrogens (primary N) is 1. The molecule has 0 aromatic carbocycles. The highest BCUT2D eigenvalue weighted by atomic mass is 32.2. The average Bonchev–Trinajstić information content (AvgIpc) is 2.33. The fourth-order valence-electron chi connectivity index (χ4n) is 1.74. The first-order valence-corrected chi connectivity index (χ1v) is 8.50. The Balaban J connectivity index is 2.85. The number of hydrazine groups is 1. The summed E-state index contributed by atoms with van der Waals surface area (Å²) in [4.78, 5) is 8.64. The lowest BCUT2D eigenvalue weighted by molar-refractivity contribution is 0.475. The van der Waals surface area contributed by atoms with Gasteiger partial charge < -0.3 is 10.7 Å². The second-order valence-electron chi connectivity index (χ2n) is 5.91. The molecule has 1 rings (SSSR count). The van der Waals surface area contributed by atoms with E-state index in [4.69, 9.17) is 5.84 Å². The molecule has 21 heavy (non-hydrogen) atoms. The van der Waals surface area contributed by atoms with Crippen LogP contribution in [0.1, 0.15) is 39.4 Å². The molecule has 0 aliphatic heterocycles. The Morgan fingerprint density at radius 2 is 1.86 bits per heavy atom. The molecule has 0 fully saturated rings. The molecule has 0 radical (unpaired) electrons. The number of sulfonamides is 1. The van der Waals surface area contributed by atoms with Crippen LogP contribution in [0, 0.1) is 0 Å². The zero-order chi connectivity index (χ0) is 16.3. The fourth-order valence-corrected chi connectivity index (χ4v) is 2.81. The smallest absolute Gasteiger partial charge is 0.209 e. The summed E-state index contributed by atoms with van der Waals surface area (Å²) in [5.41, 5.74) is 1.85. The number of anilines is 2. The monoisotopic (exact) mass is 316 g/mol. The SMILES string of the molecule is CC(C)c1nc(NN)cc(NCC(C)(C)NS(C)(=O)=O)n1. The van der Waals surface area contributed by atoms with Crippen LogP contribution in [0.15, 0.2) is 6.07 Å². The van der Waals surface area contributed by atoms with Gasteiger partial charge in [0.25, 0.3) is 0 Å². The first kappa shape index (κ1) is 17.6. The number of hydrogen-bond acceptors (Lipinski definition) is 7. The van der Waals surface area contributed by atoms with E-state index in [1.807, 2.05) is 13.8 Å². The van der Waals surface area contributed by atoms with E-state index in [2.05, 4.69) is 25.4 Å². The largest absolute Gasteiger partial charge is 0.368 e. The maximum Gasteiger partial charge on any atom is 0.209 e. The van der Waals surface area contributed by atoms with Crippen LogP contribution in [0.5, 0.6) is 0 Å². The zero-order valence-corrected chi connectivity index (χ0v) is 13.9. The molecule has 1 heterocycles. The van der Waals surface area contributed by atoms with E-state index in [1.54, 1.807) is 19.9 Å². The van der Waals surface area contributed by atoms with Crippen molar-refractivity contribution >= 4 is 21.7 Å². The van der Waals surface area contributed by atoms with Crippen molar-refractivity contribution in [1.29, 1.82) is 0 Å². The van der Waals surface area contributed by atoms with Gasteiger partial charge in [-0.15, -0.1) is 0 Å². The summed E-state index contributed by atoms with van der Waals surface area (Å²) in [5.74, 6) is 7.29. The molecule has 0 amide bonds. The number of nitrogens with one attached hydrogen (secondary N) is 3. The van der Waals surface area contributed by atoms with Gasteiger partial charge in [0.1, 0.15) is 17.5 Å². The first-order chi connectivity index (χ1) is 9.52. The predicted molar refractivity (Wildman–Crippen MR) is 84.5 cm³/mol. The van der Waals surface area contributed by atoms with Gasteiger partial charge in [0, 0.05) is 24.1 Å². The molecule has 8 nitrogen and oxygen atoms in total. The van der Waals surface area contributed by atoms with Crippen molar-refractivity contribution in [3.05, 3.63) is 11.9 Å². The molecule has 0 saturated heterocycles. The van der Waals surface area contributed by atoms with Crippen molar-refractivity contribution in [3.8, 4) is 0 Å². The minimum Gasteiger partial charge on any atom is -0.368 e. The summed E-state index contributed by atoms with van der Waals surface area (Å²) in [6, 6.07) is 1.67. The van der Waals surface area contributed by atoms with E-state index in [0.29, 0.717) is 24.0 Å². The molecule has 1 aromatic rings. The molecule has 0 bridgehead atoms. The van der Waals surface area contributed by atoms with Crippen molar-refractivity contribution in [2.45, 2.75) is 39.2 Å². The normalized spacial score (nSPS) is 12.5. The molecule has 1 aromatic heterocycles. The standard InChI is InChI=1S/C12H24N6O2S/c1-8(2)11-15-9(6-10(16-11)17-13)14-7-12(3,4)18-21(5,19)20/h6,8,18H,7,13H2,1-5H3,(H2,14,15,16,17). The fraction of sp³-hybridized carbons (Fsp3) is 0.667. The maximum absolute atomic E-state index is 11.3. The van der Waals surface area contributed by atoms with Gasteiger partial charge in [0.2, 0.25) is 10.0 Å². The van der Waals surface area contributed by atoms with Crippen LogP contribution in [0.3, 0.4) is 0 Å². The van der Waals surface area contributed by atoms with Gasteiger partial charge in [-0.3, -0.25) is 0 Å². The minimum absolute atomic E-state index is 0.154. The Morgan fingerprint density at radius 1 is 1.29 bits per heavy atom. The molecule has 0 spiro atoms. The Labute approximate surface area is 126 Å². The van der Waals surface area contributed by atoms with Crippen molar-refractivity contribution in [3.63, 3.8) is 0 Å². The van der Waals surface area contributed by atoms with Crippen LogP contribution in [-0.4, -0.2) is 36.7 Å². The molecular formula is C12H24N6O2S. The van der Waals surface area contributed by atoms with Gasteiger partial charge in [-0.2, -0.15) is 0 Å². The second kappa shape index (κ2) is 6.54. The zero-order valence-electron chi connectivity index (χ0n) is 13.1.